The Kier molecular flexibility index (Phi) is 8.79. The van der Waals surface area contributed by atoms with Gasteiger partial charge in [0, 0.05) is 28.3 Å². The molecule has 0 spiro atoms. The van der Waals surface area contributed by atoms with Crippen LogP contribution in [0.4, 0.5) is 0 Å². The van der Waals surface area contributed by atoms with Crippen LogP contribution in [0, 0.1) is 0 Å². The second-order valence-electron chi connectivity index (χ2n) is 16.6. The van der Waals surface area contributed by atoms with E-state index in [1.165, 1.54) is 43.8 Å². The topological polar surface area (TPSA) is 37.9 Å². The second-order valence-corrected chi connectivity index (χ2v) is 16.6. The van der Waals surface area contributed by atoms with E-state index in [2.05, 4.69) is 219 Å². The minimum absolute atomic E-state index is 0.703. The van der Waals surface area contributed by atoms with Gasteiger partial charge in [-0.1, -0.05) is 170 Å². The van der Waals surface area contributed by atoms with E-state index in [9.17, 15) is 0 Å². The normalized spacial score (nSPS) is 13.2. The van der Waals surface area contributed by atoms with Crippen LogP contribution in [0.1, 0.15) is 30.0 Å². The number of hydrogen-bond donors (Lipinski definition) is 0. The lowest BCUT2D eigenvalue weighted by Gasteiger charge is -2.10. The first-order chi connectivity index (χ1) is 31.1. The largest absolute Gasteiger partial charge is 0.456 e. The molecule has 1 aliphatic rings. The Labute approximate surface area is 365 Å². The van der Waals surface area contributed by atoms with Gasteiger partial charge in [-0.15, -0.1) is 0 Å². The Hall–Kier alpha value is -8.14. The summed E-state index contributed by atoms with van der Waals surface area (Å²) in [6, 6.07) is 75.9. The highest BCUT2D eigenvalue weighted by Gasteiger charge is 2.19. The highest BCUT2D eigenvalue weighted by Crippen LogP contribution is 2.40. The molecule has 3 nitrogen and oxygen atoms in total. The van der Waals surface area contributed by atoms with Crippen molar-refractivity contribution >= 4 is 71.5 Å². The zero-order valence-electron chi connectivity index (χ0n) is 34.7. The lowest BCUT2D eigenvalue weighted by Crippen LogP contribution is -2.05. The summed E-state index contributed by atoms with van der Waals surface area (Å²) < 4.78 is 6.54. The zero-order valence-corrected chi connectivity index (χ0v) is 34.7. The van der Waals surface area contributed by atoms with Crippen LogP contribution in [0.15, 0.2) is 232 Å². The summed E-state index contributed by atoms with van der Waals surface area (Å²) in [6.45, 7) is 2.19. The Balaban J connectivity index is 0.900. The Morgan fingerprint density at radius 3 is 1.62 bits per heavy atom. The number of aliphatic imine (C=N–C) groups is 2. The van der Waals surface area contributed by atoms with Crippen molar-refractivity contribution in [2.45, 2.75) is 13.3 Å². The maximum atomic E-state index is 6.54. The molecule has 0 aliphatic carbocycles. The van der Waals surface area contributed by atoms with Gasteiger partial charge in [0.05, 0.1) is 11.4 Å². The molecule has 0 bridgehead atoms. The van der Waals surface area contributed by atoms with E-state index in [0.717, 1.165) is 77.5 Å². The molecule has 0 fully saturated rings. The van der Waals surface area contributed by atoms with Crippen molar-refractivity contribution in [1.29, 1.82) is 0 Å². The van der Waals surface area contributed by atoms with Gasteiger partial charge in [0.25, 0.3) is 0 Å². The van der Waals surface area contributed by atoms with E-state index in [0.29, 0.717) is 12.3 Å². The van der Waals surface area contributed by atoms with Crippen molar-refractivity contribution in [3.63, 3.8) is 0 Å². The summed E-state index contributed by atoms with van der Waals surface area (Å²) in [5.74, 6) is 0.711. The Morgan fingerprint density at radius 1 is 0.365 bits per heavy atom. The van der Waals surface area contributed by atoms with Crippen molar-refractivity contribution in [3.05, 3.63) is 235 Å². The SMILES string of the molecule is CC1=C(c2ccc(-c3ccc4ccccc4c3)cc2)N=C(c2ccc3cc(-c4cccc5oc6cc(-c7ccc8ccccc8c7)ccc6c45)ccc3c2)N=C(c2ccccc2)C1. The fourth-order valence-corrected chi connectivity index (χ4v) is 9.32. The molecule has 63 heavy (non-hydrogen) atoms. The summed E-state index contributed by atoms with van der Waals surface area (Å²) in [4.78, 5) is 10.7. The molecule has 3 heteroatoms. The summed E-state index contributed by atoms with van der Waals surface area (Å²) in [6.07, 6.45) is 0.703. The van der Waals surface area contributed by atoms with Gasteiger partial charge in [-0.05, 0) is 126 Å². The van der Waals surface area contributed by atoms with E-state index in [-0.39, 0.29) is 0 Å². The number of benzene rings is 10. The first-order valence-electron chi connectivity index (χ1n) is 21.6. The van der Waals surface area contributed by atoms with Gasteiger partial charge in [-0.25, -0.2) is 9.98 Å². The molecule has 0 saturated heterocycles. The quantitative estimate of drug-likeness (QED) is 0.165. The molecule has 0 N–H and O–H groups in total. The lowest BCUT2D eigenvalue weighted by molar-refractivity contribution is 0.669. The van der Waals surface area contributed by atoms with Gasteiger partial charge in [-0.2, -0.15) is 0 Å². The van der Waals surface area contributed by atoms with E-state index in [1.54, 1.807) is 0 Å². The lowest BCUT2D eigenvalue weighted by atomic mass is 9.95. The predicted octanol–water partition coefficient (Wildman–Crippen LogP) is 16.1. The molecular formula is C60H40N2O. The zero-order chi connectivity index (χ0) is 41.9. The highest BCUT2D eigenvalue weighted by atomic mass is 16.3. The summed E-state index contributed by atoms with van der Waals surface area (Å²) in [7, 11) is 0. The molecule has 12 rings (SSSR count). The fourth-order valence-electron chi connectivity index (χ4n) is 9.32. The van der Waals surface area contributed by atoms with Gasteiger partial charge >= 0.3 is 0 Å². The molecule has 296 valence electrons. The summed E-state index contributed by atoms with van der Waals surface area (Å²) in [5, 5.41) is 9.48. The number of hydrogen-bond acceptors (Lipinski definition) is 3. The molecule has 0 radical (unpaired) electrons. The number of furan rings is 1. The molecule has 0 amide bonds. The number of amidine groups is 1. The minimum Gasteiger partial charge on any atom is -0.456 e. The number of allylic oxidation sites excluding steroid dienone is 1. The van der Waals surface area contributed by atoms with Gasteiger partial charge in [0.1, 0.15) is 11.2 Å². The standard InChI is InChI=1S/C60H40N2O/c1-38-32-55(42-12-3-2-4-13-42)61-60(62-59(38)43-22-18-41(19-23-43)46-24-20-39-10-5-7-14-44(39)33-46)52-29-27-48-35-51(28-26-49(48)36-52)53-16-9-17-56-58(53)54-31-30-50(37-57(54)63-56)47-25-21-40-11-6-8-15-45(40)34-47/h2-31,33-37H,32H2,1H3. The minimum atomic E-state index is 0.703. The first kappa shape index (κ1) is 36.7. The second kappa shape index (κ2) is 15.1. The molecule has 1 aliphatic heterocycles. The third kappa shape index (κ3) is 6.72. The molecule has 1 aromatic heterocycles. The van der Waals surface area contributed by atoms with Crippen LogP contribution in [0.3, 0.4) is 0 Å². The highest BCUT2D eigenvalue weighted by molar-refractivity contribution is 6.17. The smallest absolute Gasteiger partial charge is 0.160 e. The van der Waals surface area contributed by atoms with Gasteiger partial charge in [0.15, 0.2) is 5.84 Å². The summed E-state index contributed by atoms with van der Waals surface area (Å²) >= 11 is 0. The maximum Gasteiger partial charge on any atom is 0.160 e. The van der Waals surface area contributed by atoms with Crippen LogP contribution in [0.5, 0.6) is 0 Å². The molecule has 0 saturated carbocycles. The Morgan fingerprint density at radius 2 is 0.889 bits per heavy atom. The Bertz CT molecular complexity index is 3700. The molecule has 11 aromatic rings. The van der Waals surface area contributed by atoms with Crippen molar-refractivity contribution < 1.29 is 4.42 Å². The van der Waals surface area contributed by atoms with E-state index >= 15 is 0 Å². The van der Waals surface area contributed by atoms with Gasteiger partial charge in [-0.3, -0.25) is 0 Å². The number of nitrogens with zero attached hydrogens (tertiary/aromatic N) is 2. The number of fused-ring (bicyclic) bond motifs is 6. The average molecular weight is 805 g/mol. The molecule has 0 atom stereocenters. The van der Waals surface area contributed by atoms with Crippen molar-refractivity contribution in [3.8, 4) is 33.4 Å². The molecule has 2 heterocycles. The van der Waals surface area contributed by atoms with E-state index in [1.807, 2.05) is 0 Å². The maximum absolute atomic E-state index is 6.54. The van der Waals surface area contributed by atoms with E-state index < -0.39 is 0 Å². The molecular weight excluding hydrogens is 765 g/mol. The monoisotopic (exact) mass is 804 g/mol. The van der Waals surface area contributed by atoms with Crippen LogP contribution in [0.2, 0.25) is 0 Å². The predicted molar refractivity (Wildman–Crippen MR) is 266 cm³/mol. The van der Waals surface area contributed by atoms with Crippen LogP contribution >= 0.6 is 0 Å². The van der Waals surface area contributed by atoms with Crippen molar-refractivity contribution in [1.82, 2.24) is 0 Å². The van der Waals surface area contributed by atoms with Crippen LogP contribution in [-0.2, 0) is 0 Å². The molecule has 10 aromatic carbocycles. The third-order valence-corrected chi connectivity index (χ3v) is 12.6. The average Bonchev–Trinajstić information content (AvgIpc) is 3.63. The van der Waals surface area contributed by atoms with E-state index in [4.69, 9.17) is 14.4 Å². The van der Waals surface area contributed by atoms with Gasteiger partial charge in [0.2, 0.25) is 0 Å². The van der Waals surface area contributed by atoms with Crippen molar-refractivity contribution in [2.24, 2.45) is 9.98 Å². The van der Waals surface area contributed by atoms with Crippen molar-refractivity contribution in [2.75, 3.05) is 0 Å². The van der Waals surface area contributed by atoms with Crippen LogP contribution < -0.4 is 0 Å². The summed E-state index contributed by atoms with van der Waals surface area (Å²) in [5.41, 5.74) is 15.1. The fraction of sp³-hybridized carbons (Fsp3) is 0.0333. The van der Waals surface area contributed by atoms with Crippen LogP contribution in [0.25, 0.3) is 93.3 Å². The first-order valence-corrected chi connectivity index (χ1v) is 21.6. The van der Waals surface area contributed by atoms with Crippen LogP contribution in [-0.4, -0.2) is 11.5 Å². The third-order valence-electron chi connectivity index (χ3n) is 12.6. The molecule has 0 unspecified atom stereocenters. The number of rotatable bonds is 6. The van der Waals surface area contributed by atoms with Gasteiger partial charge < -0.3 is 4.42 Å².